The number of hydroxylamine groups is 1. The Morgan fingerprint density at radius 2 is 1.42 bits per heavy atom. The average molecular weight is 519 g/mol. The lowest BCUT2D eigenvalue weighted by Gasteiger charge is -2.30. The highest BCUT2D eigenvalue weighted by molar-refractivity contribution is 6.24. The van der Waals surface area contributed by atoms with E-state index in [0.29, 0.717) is 59.2 Å². The standard InChI is InChI=1S/C29H30N2O7/c1-35-24-9-5-18(14-26(24)37-3)13-23(20-8-10-25(36-2)27(16-20)38-4)29(33)31-12-11-19-6-7-21(28(32)30-34)15-22(19)17-31/h5-10,13-16,34H,11-12,17H2,1-4H3,(H,30,32)/b23-13+. The Bertz CT molecular complexity index is 1380. The van der Waals surface area contributed by atoms with Gasteiger partial charge in [-0.05, 0) is 71.1 Å². The molecular weight excluding hydrogens is 488 g/mol. The summed E-state index contributed by atoms with van der Waals surface area (Å²) in [7, 11) is 6.22. The van der Waals surface area contributed by atoms with Gasteiger partial charge in [0.25, 0.3) is 11.8 Å². The zero-order valence-corrected chi connectivity index (χ0v) is 21.7. The van der Waals surface area contributed by atoms with E-state index >= 15 is 0 Å². The molecule has 0 aromatic heterocycles. The summed E-state index contributed by atoms with van der Waals surface area (Å²) in [5, 5.41) is 9.01. The van der Waals surface area contributed by atoms with Gasteiger partial charge in [0.05, 0.1) is 28.4 Å². The number of hydrogen-bond acceptors (Lipinski definition) is 7. The van der Waals surface area contributed by atoms with E-state index in [1.165, 1.54) is 0 Å². The quantitative estimate of drug-likeness (QED) is 0.201. The van der Waals surface area contributed by atoms with Crippen molar-refractivity contribution >= 4 is 23.5 Å². The molecule has 0 spiro atoms. The van der Waals surface area contributed by atoms with Gasteiger partial charge in [-0.2, -0.15) is 0 Å². The van der Waals surface area contributed by atoms with Crippen LogP contribution in [0.3, 0.4) is 0 Å². The Kier molecular flexibility index (Phi) is 8.18. The third-order valence-corrected chi connectivity index (χ3v) is 6.51. The molecule has 198 valence electrons. The fourth-order valence-electron chi connectivity index (χ4n) is 4.49. The Hall–Kier alpha value is -4.50. The van der Waals surface area contributed by atoms with Gasteiger partial charge in [-0.3, -0.25) is 14.8 Å². The normalized spacial score (nSPS) is 12.9. The van der Waals surface area contributed by atoms with Crippen LogP contribution in [-0.2, 0) is 17.8 Å². The Labute approximate surface area is 221 Å². The monoisotopic (exact) mass is 518 g/mol. The largest absolute Gasteiger partial charge is 0.493 e. The maximum absolute atomic E-state index is 14.0. The van der Waals surface area contributed by atoms with Crippen molar-refractivity contribution in [3.8, 4) is 23.0 Å². The lowest BCUT2D eigenvalue weighted by Crippen LogP contribution is -2.36. The highest BCUT2D eigenvalue weighted by Crippen LogP contribution is 2.34. The van der Waals surface area contributed by atoms with Crippen LogP contribution in [0.4, 0.5) is 0 Å². The van der Waals surface area contributed by atoms with Gasteiger partial charge in [0.2, 0.25) is 0 Å². The summed E-state index contributed by atoms with van der Waals surface area (Å²) < 4.78 is 21.7. The summed E-state index contributed by atoms with van der Waals surface area (Å²) in [6, 6.07) is 16.0. The van der Waals surface area contributed by atoms with Gasteiger partial charge in [0.1, 0.15) is 0 Å². The first-order valence-corrected chi connectivity index (χ1v) is 11.9. The van der Waals surface area contributed by atoms with E-state index in [-0.39, 0.29) is 5.91 Å². The molecule has 0 atom stereocenters. The average Bonchev–Trinajstić information content (AvgIpc) is 2.97. The van der Waals surface area contributed by atoms with Crippen LogP contribution in [0.25, 0.3) is 11.6 Å². The number of ether oxygens (including phenoxy) is 4. The number of nitrogens with zero attached hydrogens (tertiary/aromatic N) is 1. The minimum absolute atomic E-state index is 0.185. The fraction of sp³-hybridized carbons (Fsp3) is 0.241. The molecule has 0 aliphatic carbocycles. The second-order valence-corrected chi connectivity index (χ2v) is 8.64. The molecular formula is C29H30N2O7. The van der Waals surface area contributed by atoms with Crippen LogP contribution in [0.5, 0.6) is 23.0 Å². The molecule has 3 aromatic rings. The van der Waals surface area contributed by atoms with Crippen LogP contribution in [0, 0.1) is 0 Å². The van der Waals surface area contributed by atoms with E-state index in [9.17, 15) is 9.59 Å². The van der Waals surface area contributed by atoms with E-state index in [2.05, 4.69) is 0 Å². The summed E-state index contributed by atoms with van der Waals surface area (Å²) in [4.78, 5) is 27.7. The van der Waals surface area contributed by atoms with Gasteiger partial charge in [0.15, 0.2) is 23.0 Å². The fourth-order valence-corrected chi connectivity index (χ4v) is 4.49. The predicted octanol–water partition coefficient (Wildman–Crippen LogP) is 3.97. The van der Waals surface area contributed by atoms with Crippen LogP contribution in [-0.4, -0.2) is 56.9 Å². The Morgan fingerprint density at radius 1 is 0.789 bits per heavy atom. The molecule has 4 rings (SSSR count). The van der Waals surface area contributed by atoms with Crippen molar-refractivity contribution in [3.63, 3.8) is 0 Å². The lowest BCUT2D eigenvalue weighted by molar-refractivity contribution is -0.125. The van der Waals surface area contributed by atoms with E-state index in [0.717, 1.165) is 16.7 Å². The molecule has 0 bridgehead atoms. The van der Waals surface area contributed by atoms with Crippen molar-refractivity contribution in [2.45, 2.75) is 13.0 Å². The van der Waals surface area contributed by atoms with E-state index in [1.807, 2.05) is 18.2 Å². The van der Waals surface area contributed by atoms with E-state index in [1.54, 1.807) is 81.3 Å². The molecule has 1 aliphatic rings. The van der Waals surface area contributed by atoms with Crippen LogP contribution in [0.15, 0.2) is 54.6 Å². The summed E-state index contributed by atoms with van der Waals surface area (Å²) in [6.07, 6.45) is 2.44. The zero-order chi connectivity index (χ0) is 27.2. The Balaban J connectivity index is 1.76. The molecule has 0 unspecified atom stereocenters. The number of carbonyl (C=O) groups is 2. The minimum Gasteiger partial charge on any atom is -0.493 e. The van der Waals surface area contributed by atoms with Crippen LogP contribution >= 0.6 is 0 Å². The van der Waals surface area contributed by atoms with Gasteiger partial charge in [-0.1, -0.05) is 18.2 Å². The summed E-state index contributed by atoms with van der Waals surface area (Å²) in [5.74, 6) is 1.39. The first kappa shape index (κ1) is 26.6. The number of nitrogens with one attached hydrogen (secondary N) is 1. The lowest BCUT2D eigenvalue weighted by atomic mass is 9.95. The van der Waals surface area contributed by atoms with Crippen LogP contribution in [0.2, 0.25) is 0 Å². The zero-order valence-electron chi connectivity index (χ0n) is 21.7. The minimum atomic E-state index is -0.601. The molecule has 38 heavy (non-hydrogen) atoms. The smallest absolute Gasteiger partial charge is 0.274 e. The van der Waals surface area contributed by atoms with E-state index < -0.39 is 5.91 Å². The number of rotatable bonds is 8. The molecule has 1 heterocycles. The van der Waals surface area contributed by atoms with Crippen molar-refractivity contribution in [2.24, 2.45) is 0 Å². The number of methoxy groups -OCH3 is 4. The molecule has 0 fully saturated rings. The van der Waals surface area contributed by atoms with Gasteiger partial charge in [-0.25, -0.2) is 5.48 Å². The second kappa shape index (κ2) is 11.7. The van der Waals surface area contributed by atoms with E-state index in [4.69, 9.17) is 24.2 Å². The number of benzene rings is 3. The third kappa shape index (κ3) is 5.42. The molecule has 0 saturated heterocycles. The van der Waals surface area contributed by atoms with Crippen molar-refractivity contribution in [1.82, 2.24) is 10.4 Å². The molecule has 2 N–H and O–H groups in total. The molecule has 1 aliphatic heterocycles. The molecule has 3 aromatic carbocycles. The molecule has 0 saturated carbocycles. The van der Waals surface area contributed by atoms with Crippen LogP contribution in [0.1, 0.15) is 32.6 Å². The predicted molar refractivity (Wildman–Crippen MR) is 142 cm³/mol. The van der Waals surface area contributed by atoms with Gasteiger partial charge in [0, 0.05) is 24.2 Å². The third-order valence-electron chi connectivity index (χ3n) is 6.51. The number of carbonyl (C=O) groups excluding carboxylic acids is 2. The van der Waals surface area contributed by atoms with Crippen molar-refractivity contribution < 1.29 is 33.7 Å². The number of fused-ring (bicyclic) bond motifs is 1. The van der Waals surface area contributed by atoms with Crippen molar-refractivity contribution in [2.75, 3.05) is 35.0 Å². The molecule has 0 radical (unpaired) electrons. The second-order valence-electron chi connectivity index (χ2n) is 8.64. The maximum atomic E-state index is 14.0. The summed E-state index contributed by atoms with van der Waals surface area (Å²) >= 11 is 0. The number of amides is 2. The van der Waals surface area contributed by atoms with Gasteiger partial charge < -0.3 is 23.8 Å². The molecule has 9 heteroatoms. The SMILES string of the molecule is COc1ccc(/C=C(/C(=O)N2CCc3ccc(C(=O)NO)cc3C2)c2ccc(OC)c(OC)c2)cc1OC. The highest BCUT2D eigenvalue weighted by atomic mass is 16.5. The number of hydrogen-bond donors (Lipinski definition) is 2. The van der Waals surface area contributed by atoms with Crippen molar-refractivity contribution in [1.29, 1.82) is 0 Å². The Morgan fingerprint density at radius 3 is 2.08 bits per heavy atom. The highest BCUT2D eigenvalue weighted by Gasteiger charge is 2.26. The van der Waals surface area contributed by atoms with Crippen LogP contribution < -0.4 is 24.4 Å². The summed E-state index contributed by atoms with van der Waals surface area (Å²) in [5.41, 5.74) is 5.74. The van der Waals surface area contributed by atoms with Crippen molar-refractivity contribution in [3.05, 3.63) is 82.4 Å². The van der Waals surface area contributed by atoms with Gasteiger partial charge >= 0.3 is 0 Å². The van der Waals surface area contributed by atoms with Gasteiger partial charge in [-0.15, -0.1) is 0 Å². The maximum Gasteiger partial charge on any atom is 0.274 e. The molecule has 9 nitrogen and oxygen atoms in total. The summed E-state index contributed by atoms with van der Waals surface area (Å²) in [6.45, 7) is 0.825. The molecule has 2 amide bonds. The first-order valence-electron chi connectivity index (χ1n) is 11.9. The topological polar surface area (TPSA) is 107 Å². The first-order chi connectivity index (χ1) is 18.4.